The van der Waals surface area contributed by atoms with Crippen LogP contribution in [0.25, 0.3) is 4.65 Å². The molecular formula is C18H34LuNOSi2-. The van der Waals surface area contributed by atoms with E-state index in [1.54, 1.807) is 0 Å². The average Bonchev–Trinajstić information content (AvgIpc) is 2.80. The van der Waals surface area contributed by atoms with Gasteiger partial charge in [-0.3, -0.25) is 0 Å². The molecule has 0 atom stereocenters. The first-order valence-corrected chi connectivity index (χ1v) is 15.1. The molecule has 2 nitrogen and oxygen atoms in total. The summed E-state index contributed by atoms with van der Waals surface area (Å²) in [6.45, 7) is 15.8. The molecule has 23 heavy (non-hydrogen) atoms. The van der Waals surface area contributed by atoms with Crippen molar-refractivity contribution in [2.45, 2.75) is 52.1 Å². The second kappa shape index (κ2) is 15.8. The summed E-state index contributed by atoms with van der Waals surface area (Å²) in [4.78, 5) is 0. The largest absolute Gasteiger partial charge is 0.668 e. The van der Waals surface area contributed by atoms with E-state index in [0.29, 0.717) is 0 Å². The zero-order valence-corrected chi connectivity index (χ0v) is 19.2. The van der Waals surface area contributed by atoms with Gasteiger partial charge in [-0.15, -0.1) is 0 Å². The molecule has 0 amide bonds. The number of rotatable bonds is 2. The van der Waals surface area contributed by atoms with Crippen LogP contribution < -0.4 is 0 Å². The van der Waals surface area contributed by atoms with Crippen molar-refractivity contribution in [1.29, 1.82) is 0 Å². The maximum atomic E-state index is 4.94. The number of hydrogen-bond acceptors (Lipinski definition) is 1. The van der Waals surface area contributed by atoms with Crippen LogP contribution in [0.2, 0.25) is 39.3 Å². The van der Waals surface area contributed by atoms with Gasteiger partial charge >= 0.3 is 0 Å². The third-order valence-electron chi connectivity index (χ3n) is 2.39. The normalized spacial score (nSPS) is 19.0. The molecule has 0 N–H and O–H groups in total. The number of ether oxygens (including phenoxy) is 1. The Morgan fingerprint density at radius 2 is 0.870 bits per heavy atom. The average molecular weight is 512 g/mol. The Balaban J connectivity index is 0. The van der Waals surface area contributed by atoms with E-state index < -0.39 is 16.5 Å². The van der Waals surface area contributed by atoms with Gasteiger partial charge in [-0.05, 0) is 64.2 Å². The van der Waals surface area contributed by atoms with E-state index in [9.17, 15) is 0 Å². The standard InChI is InChI=1S/C8H8.C6H18NSi2.C4H8O.Lu/c1-2-4-6-8-7-5-3-1;1-8(2,3)7-9(4,5)6;1-2-4-5-3-1;/h1-8H;1-6H3;1-4H2;/q;-1;;. The van der Waals surface area contributed by atoms with Gasteiger partial charge in [0, 0.05) is 50.1 Å². The van der Waals surface area contributed by atoms with Crippen LogP contribution in [-0.4, -0.2) is 29.7 Å². The van der Waals surface area contributed by atoms with Crippen molar-refractivity contribution in [3.05, 3.63) is 56.0 Å². The van der Waals surface area contributed by atoms with Crippen LogP contribution in [0.4, 0.5) is 0 Å². The summed E-state index contributed by atoms with van der Waals surface area (Å²) in [7, 11) is -2.21. The second-order valence-corrected chi connectivity index (χ2v) is 16.9. The molecule has 2 rings (SSSR count). The van der Waals surface area contributed by atoms with Crippen molar-refractivity contribution < 1.29 is 41.6 Å². The molecular weight excluding hydrogens is 477 g/mol. The van der Waals surface area contributed by atoms with Crippen molar-refractivity contribution in [2.24, 2.45) is 0 Å². The second-order valence-electron chi connectivity index (χ2n) is 7.31. The molecule has 0 unspecified atom stereocenters. The Morgan fingerprint density at radius 1 is 0.609 bits per heavy atom. The summed E-state index contributed by atoms with van der Waals surface area (Å²) in [6, 6.07) is 0. The third kappa shape index (κ3) is 25.9. The monoisotopic (exact) mass is 511 g/mol. The molecule has 0 aromatic rings. The third-order valence-corrected chi connectivity index (χ3v) is 7.75. The molecule has 141 valence electrons. The van der Waals surface area contributed by atoms with Gasteiger partial charge in [0.2, 0.25) is 0 Å². The fraction of sp³-hybridized carbons (Fsp3) is 0.556. The van der Waals surface area contributed by atoms with E-state index in [2.05, 4.69) is 39.3 Å². The van der Waals surface area contributed by atoms with Crippen LogP contribution in [0.1, 0.15) is 12.8 Å². The zero-order valence-electron chi connectivity index (χ0n) is 15.6. The predicted molar refractivity (Wildman–Crippen MR) is 105 cm³/mol. The van der Waals surface area contributed by atoms with E-state index in [1.807, 2.05) is 51.4 Å². The first-order chi connectivity index (χ1) is 10.2. The van der Waals surface area contributed by atoms with Gasteiger partial charge < -0.3 is 9.38 Å². The van der Waals surface area contributed by atoms with Gasteiger partial charge in [-0.1, -0.05) is 55.8 Å². The first kappa shape index (κ1) is 26.8. The fourth-order valence-corrected chi connectivity index (χ4v) is 10.1. The van der Waals surface area contributed by atoms with Crippen LogP contribution in [0.15, 0.2) is 0 Å². The van der Waals surface area contributed by atoms with E-state index in [-0.39, 0.29) is 36.9 Å². The summed E-state index contributed by atoms with van der Waals surface area (Å²) in [6.07, 6.45) is 18.6. The van der Waals surface area contributed by atoms with Gasteiger partial charge in [-0.25, -0.2) is 0 Å². The SMILES string of the molecule is C1CCOC1.C[Si](C)(C)[N-][Si](C)(C)C.[CH]1[CH][CH][CH][CH][CH][CH][CH]1.[Lu]. The van der Waals surface area contributed by atoms with Gasteiger partial charge in [0.15, 0.2) is 0 Å². The Labute approximate surface area is 178 Å². The van der Waals surface area contributed by atoms with E-state index in [1.165, 1.54) is 12.8 Å². The van der Waals surface area contributed by atoms with Gasteiger partial charge in [0.1, 0.15) is 0 Å². The van der Waals surface area contributed by atoms with Gasteiger partial charge in [-0.2, -0.15) is 0 Å². The van der Waals surface area contributed by atoms with E-state index >= 15 is 0 Å². The van der Waals surface area contributed by atoms with E-state index in [4.69, 9.17) is 9.38 Å². The van der Waals surface area contributed by atoms with Crippen molar-refractivity contribution in [3.63, 3.8) is 0 Å². The summed E-state index contributed by atoms with van der Waals surface area (Å²) in [5.41, 5.74) is 0. The zero-order chi connectivity index (χ0) is 16.9. The Bertz CT molecular complexity index is 205. The smallest absolute Gasteiger partial charge is 0.0466 e. The molecule has 0 bridgehead atoms. The van der Waals surface area contributed by atoms with Crippen LogP contribution in [-0.2, 0) is 4.74 Å². The number of nitrogens with zero attached hydrogens (tertiary/aromatic N) is 1. The topological polar surface area (TPSA) is 23.3 Å². The fourth-order valence-electron chi connectivity index (χ4n) is 2.03. The molecule has 9 radical (unpaired) electrons. The van der Waals surface area contributed by atoms with E-state index in [0.717, 1.165) is 13.2 Å². The molecule has 5 heteroatoms. The van der Waals surface area contributed by atoms with Crippen molar-refractivity contribution >= 4 is 16.5 Å². The maximum Gasteiger partial charge on any atom is 0.0466 e. The van der Waals surface area contributed by atoms with Gasteiger partial charge in [0.05, 0.1) is 0 Å². The summed E-state index contributed by atoms with van der Waals surface area (Å²) < 4.78 is 9.76. The van der Waals surface area contributed by atoms with Crippen LogP contribution in [0.5, 0.6) is 0 Å². The molecule has 1 heterocycles. The molecule has 0 aromatic heterocycles. The minimum Gasteiger partial charge on any atom is -0.668 e. The van der Waals surface area contributed by atoms with Crippen LogP contribution in [0, 0.1) is 88.2 Å². The molecule has 0 spiro atoms. The summed E-state index contributed by atoms with van der Waals surface area (Å²) >= 11 is 0. The summed E-state index contributed by atoms with van der Waals surface area (Å²) in [5, 5.41) is 0. The summed E-state index contributed by atoms with van der Waals surface area (Å²) in [5.74, 6) is 0. The Morgan fingerprint density at radius 3 is 0.957 bits per heavy atom. The Hall–Kier alpha value is 1.59. The molecule has 1 saturated carbocycles. The van der Waals surface area contributed by atoms with Gasteiger partial charge in [0.25, 0.3) is 0 Å². The Kier molecular flexibility index (Phi) is 18.4. The maximum absolute atomic E-state index is 4.94. The predicted octanol–water partition coefficient (Wildman–Crippen LogP) is 5.46. The molecule has 2 aliphatic rings. The molecule has 1 saturated heterocycles. The van der Waals surface area contributed by atoms with Crippen LogP contribution in [0.3, 0.4) is 0 Å². The van der Waals surface area contributed by atoms with Crippen molar-refractivity contribution in [3.8, 4) is 0 Å². The molecule has 0 aromatic carbocycles. The van der Waals surface area contributed by atoms with Crippen molar-refractivity contribution in [1.82, 2.24) is 0 Å². The minimum absolute atomic E-state index is 0. The van der Waals surface area contributed by atoms with Crippen molar-refractivity contribution in [2.75, 3.05) is 13.2 Å². The molecule has 1 aliphatic carbocycles. The quantitative estimate of drug-likeness (QED) is 0.452. The number of hydrogen-bond donors (Lipinski definition) is 0. The molecule has 2 fully saturated rings. The minimum atomic E-state index is -1.11. The first-order valence-electron chi connectivity index (χ1n) is 8.19. The van der Waals surface area contributed by atoms with Crippen LogP contribution >= 0.6 is 0 Å². The molecule has 1 aliphatic heterocycles.